The molecule has 1 saturated heterocycles. The number of hydrogen-bond acceptors (Lipinski definition) is 7. The Hall–Kier alpha value is -1.18. The number of rotatable bonds is 7. The summed E-state index contributed by atoms with van der Waals surface area (Å²) >= 11 is 0. The lowest BCUT2D eigenvalue weighted by Gasteiger charge is -2.14. The van der Waals surface area contributed by atoms with Crippen molar-refractivity contribution in [2.75, 3.05) is 6.54 Å². The van der Waals surface area contributed by atoms with Gasteiger partial charge in [-0.2, -0.15) is 0 Å². The summed E-state index contributed by atoms with van der Waals surface area (Å²) in [6.07, 6.45) is 1.75. The van der Waals surface area contributed by atoms with Crippen molar-refractivity contribution in [2.24, 2.45) is 11.5 Å². The maximum atomic E-state index is 11.0. The van der Waals surface area contributed by atoms with Crippen molar-refractivity contribution in [1.82, 2.24) is 0 Å². The van der Waals surface area contributed by atoms with Gasteiger partial charge in [0.05, 0.1) is 0 Å². The molecule has 1 aliphatic heterocycles. The van der Waals surface area contributed by atoms with Gasteiger partial charge in [-0.05, 0) is 19.4 Å². The summed E-state index contributed by atoms with van der Waals surface area (Å²) in [6, 6.07) is -0.366. The molecule has 1 rings (SSSR count). The SMILES string of the molecule is CC(=O)OC1(OC(C)=O)OC1C(N)CCCCN. The van der Waals surface area contributed by atoms with E-state index in [2.05, 4.69) is 0 Å². The Labute approximate surface area is 106 Å². The van der Waals surface area contributed by atoms with Crippen LogP contribution in [0.3, 0.4) is 0 Å². The van der Waals surface area contributed by atoms with Crippen molar-refractivity contribution in [3.05, 3.63) is 0 Å². The normalized spacial score (nSPS) is 22.1. The Balaban J connectivity index is 2.51. The molecule has 104 valence electrons. The van der Waals surface area contributed by atoms with E-state index in [1.807, 2.05) is 0 Å². The van der Waals surface area contributed by atoms with Gasteiger partial charge < -0.3 is 20.9 Å². The summed E-state index contributed by atoms with van der Waals surface area (Å²) in [5, 5.41) is 0. The smallest absolute Gasteiger partial charge is 0.396 e. The Morgan fingerprint density at radius 1 is 1.28 bits per heavy atom. The molecule has 7 heteroatoms. The molecule has 0 aromatic rings. The average molecular weight is 260 g/mol. The molecule has 0 radical (unpaired) electrons. The van der Waals surface area contributed by atoms with Crippen LogP contribution >= 0.6 is 0 Å². The molecule has 0 saturated carbocycles. The number of epoxide rings is 1. The molecular weight excluding hydrogens is 240 g/mol. The molecule has 0 aromatic carbocycles. The van der Waals surface area contributed by atoms with E-state index in [4.69, 9.17) is 25.7 Å². The minimum absolute atomic E-state index is 0.366. The van der Waals surface area contributed by atoms with Gasteiger partial charge in [-0.25, -0.2) is 0 Å². The van der Waals surface area contributed by atoms with Crippen molar-refractivity contribution < 1.29 is 23.8 Å². The lowest BCUT2D eigenvalue weighted by Crippen LogP contribution is -2.37. The molecule has 2 atom stereocenters. The van der Waals surface area contributed by atoms with E-state index in [1.165, 1.54) is 13.8 Å². The van der Waals surface area contributed by atoms with Crippen LogP contribution in [0.1, 0.15) is 33.1 Å². The summed E-state index contributed by atoms with van der Waals surface area (Å²) in [5.41, 5.74) is 11.3. The Morgan fingerprint density at radius 3 is 2.28 bits per heavy atom. The van der Waals surface area contributed by atoms with Crippen molar-refractivity contribution in [1.29, 1.82) is 0 Å². The van der Waals surface area contributed by atoms with E-state index in [9.17, 15) is 9.59 Å². The monoisotopic (exact) mass is 260 g/mol. The molecule has 1 aliphatic rings. The summed E-state index contributed by atoms with van der Waals surface area (Å²) < 4.78 is 15.0. The molecule has 0 spiro atoms. The first-order chi connectivity index (χ1) is 8.41. The van der Waals surface area contributed by atoms with Crippen molar-refractivity contribution in [3.63, 3.8) is 0 Å². The second-order valence-electron chi connectivity index (χ2n) is 4.28. The van der Waals surface area contributed by atoms with Crippen LogP contribution in [-0.4, -0.2) is 36.6 Å². The van der Waals surface area contributed by atoms with E-state index in [-0.39, 0.29) is 6.04 Å². The molecule has 7 nitrogen and oxygen atoms in total. The molecular formula is C11H20N2O5. The van der Waals surface area contributed by atoms with Crippen LogP contribution in [-0.2, 0) is 23.8 Å². The molecule has 0 bridgehead atoms. The van der Waals surface area contributed by atoms with Gasteiger partial charge in [-0.3, -0.25) is 14.3 Å². The molecule has 2 unspecified atom stereocenters. The number of nitrogens with two attached hydrogens (primary N) is 2. The van der Waals surface area contributed by atoms with Gasteiger partial charge in [-0.1, -0.05) is 6.42 Å². The third kappa shape index (κ3) is 3.94. The van der Waals surface area contributed by atoms with E-state index < -0.39 is 24.0 Å². The van der Waals surface area contributed by atoms with Crippen molar-refractivity contribution in [2.45, 2.75) is 51.2 Å². The zero-order chi connectivity index (χ0) is 13.8. The zero-order valence-corrected chi connectivity index (χ0v) is 10.7. The fourth-order valence-corrected chi connectivity index (χ4v) is 1.75. The zero-order valence-electron chi connectivity index (χ0n) is 10.7. The number of esters is 2. The predicted molar refractivity (Wildman–Crippen MR) is 62.0 cm³/mol. The number of ether oxygens (including phenoxy) is 3. The maximum absolute atomic E-state index is 11.0. The highest BCUT2D eigenvalue weighted by Gasteiger charge is 2.67. The summed E-state index contributed by atoms with van der Waals surface area (Å²) in [5.74, 6) is -2.81. The largest absolute Gasteiger partial charge is 0.406 e. The fraction of sp³-hybridized carbons (Fsp3) is 0.818. The lowest BCUT2D eigenvalue weighted by atomic mass is 10.1. The van der Waals surface area contributed by atoms with Gasteiger partial charge >= 0.3 is 17.9 Å². The number of carbonyl (C=O) groups excluding carboxylic acids is 2. The van der Waals surface area contributed by atoms with Gasteiger partial charge in [-0.15, -0.1) is 0 Å². The van der Waals surface area contributed by atoms with Gasteiger partial charge in [0.1, 0.15) is 0 Å². The Morgan fingerprint density at radius 2 is 1.83 bits per heavy atom. The van der Waals surface area contributed by atoms with Crippen LogP contribution in [0.25, 0.3) is 0 Å². The van der Waals surface area contributed by atoms with Gasteiger partial charge in [0.2, 0.25) is 0 Å². The first-order valence-electron chi connectivity index (χ1n) is 5.94. The predicted octanol–water partition coefficient (Wildman–Crippen LogP) is -0.378. The molecule has 0 aliphatic carbocycles. The van der Waals surface area contributed by atoms with E-state index in [1.54, 1.807) is 0 Å². The van der Waals surface area contributed by atoms with Gasteiger partial charge in [0, 0.05) is 19.9 Å². The van der Waals surface area contributed by atoms with Crippen LogP contribution in [0, 0.1) is 0 Å². The Kier molecular flexibility index (Phi) is 5.06. The fourth-order valence-electron chi connectivity index (χ4n) is 1.75. The average Bonchev–Trinajstić information content (AvgIpc) is 2.89. The molecule has 18 heavy (non-hydrogen) atoms. The van der Waals surface area contributed by atoms with Crippen LogP contribution in [0.2, 0.25) is 0 Å². The molecule has 1 heterocycles. The minimum atomic E-state index is -1.63. The summed E-state index contributed by atoms with van der Waals surface area (Å²) in [4.78, 5) is 21.9. The molecule has 1 fully saturated rings. The highest BCUT2D eigenvalue weighted by Crippen LogP contribution is 2.42. The van der Waals surface area contributed by atoms with Crippen molar-refractivity contribution in [3.8, 4) is 0 Å². The van der Waals surface area contributed by atoms with E-state index in [0.717, 1.165) is 12.8 Å². The Bertz CT molecular complexity index is 305. The van der Waals surface area contributed by atoms with E-state index >= 15 is 0 Å². The highest BCUT2D eigenvalue weighted by molar-refractivity contribution is 5.69. The standard InChI is InChI=1S/C11H20N2O5/c1-7(14)16-11(17-8(2)15)10(18-11)9(13)5-3-4-6-12/h9-10H,3-6,12-13H2,1-2H3. The van der Waals surface area contributed by atoms with Gasteiger partial charge in [0.15, 0.2) is 6.10 Å². The summed E-state index contributed by atoms with van der Waals surface area (Å²) in [6.45, 7) is 3.02. The minimum Gasteiger partial charge on any atom is -0.396 e. The highest BCUT2D eigenvalue weighted by atomic mass is 17.0. The second kappa shape index (κ2) is 6.12. The number of carbonyl (C=O) groups is 2. The number of hydrogen-bond donors (Lipinski definition) is 2. The van der Waals surface area contributed by atoms with Crippen molar-refractivity contribution >= 4 is 11.9 Å². The quantitative estimate of drug-likeness (QED) is 0.277. The second-order valence-corrected chi connectivity index (χ2v) is 4.28. The topological polar surface area (TPSA) is 117 Å². The number of unbranched alkanes of at least 4 members (excludes halogenated alkanes) is 1. The lowest BCUT2D eigenvalue weighted by molar-refractivity contribution is -0.221. The third-order valence-corrected chi connectivity index (χ3v) is 2.53. The first kappa shape index (κ1) is 14.9. The van der Waals surface area contributed by atoms with Crippen LogP contribution in [0.15, 0.2) is 0 Å². The first-order valence-corrected chi connectivity index (χ1v) is 5.94. The third-order valence-electron chi connectivity index (χ3n) is 2.53. The van der Waals surface area contributed by atoms with Gasteiger partial charge in [0.25, 0.3) is 0 Å². The molecule has 0 amide bonds. The molecule has 0 aromatic heterocycles. The summed E-state index contributed by atoms with van der Waals surface area (Å²) in [7, 11) is 0. The van der Waals surface area contributed by atoms with Crippen LogP contribution in [0.5, 0.6) is 0 Å². The molecule has 4 N–H and O–H groups in total. The maximum Gasteiger partial charge on any atom is 0.406 e. The van der Waals surface area contributed by atoms with Crippen LogP contribution < -0.4 is 11.5 Å². The van der Waals surface area contributed by atoms with Crippen LogP contribution in [0.4, 0.5) is 0 Å². The van der Waals surface area contributed by atoms with E-state index in [0.29, 0.717) is 13.0 Å².